The van der Waals surface area contributed by atoms with Gasteiger partial charge in [-0.2, -0.15) is 13.2 Å². The quantitative estimate of drug-likeness (QED) is 0.472. The Morgan fingerprint density at radius 3 is 2.23 bits per heavy atom. The minimum atomic E-state index is -4.60. The van der Waals surface area contributed by atoms with Crippen molar-refractivity contribution in [2.75, 3.05) is 0 Å². The number of halogens is 4. The van der Waals surface area contributed by atoms with Crippen LogP contribution in [-0.2, 0) is 15.7 Å². The molecule has 0 spiro atoms. The molecule has 31 heavy (non-hydrogen) atoms. The maximum Gasteiger partial charge on any atom is 0.433 e. The van der Waals surface area contributed by atoms with Gasteiger partial charge in [0.25, 0.3) is 0 Å². The van der Waals surface area contributed by atoms with Crippen LogP contribution in [0.2, 0.25) is 5.02 Å². The lowest BCUT2D eigenvalue weighted by atomic mass is 9.88. The van der Waals surface area contributed by atoms with E-state index < -0.39 is 29.5 Å². The lowest BCUT2D eigenvalue weighted by Gasteiger charge is -2.28. The van der Waals surface area contributed by atoms with E-state index in [-0.39, 0.29) is 5.52 Å². The molecule has 0 aliphatic rings. The van der Waals surface area contributed by atoms with Crippen molar-refractivity contribution in [2.24, 2.45) is 0 Å². The lowest BCUT2D eigenvalue weighted by molar-refractivity contribution is -0.160. The molecule has 0 fully saturated rings. The highest BCUT2D eigenvalue weighted by atomic mass is 35.5. The molecule has 0 unspecified atom stereocenters. The van der Waals surface area contributed by atoms with Gasteiger partial charge in [-0.3, -0.25) is 0 Å². The molecular weight excluding hydrogens is 431 g/mol. The van der Waals surface area contributed by atoms with E-state index in [9.17, 15) is 23.1 Å². The van der Waals surface area contributed by atoms with Crippen molar-refractivity contribution in [3.63, 3.8) is 0 Å². The number of aromatic nitrogens is 1. The van der Waals surface area contributed by atoms with E-state index in [1.165, 1.54) is 12.1 Å². The van der Waals surface area contributed by atoms with Crippen molar-refractivity contribution >= 4 is 28.5 Å². The highest BCUT2D eigenvalue weighted by Gasteiger charge is 2.34. The number of fused-ring (bicyclic) bond motifs is 1. The number of hydrogen-bond acceptors (Lipinski definition) is 3. The minimum Gasteiger partial charge on any atom is -0.479 e. The number of carboxylic acid groups (broad SMARTS) is 1. The van der Waals surface area contributed by atoms with Gasteiger partial charge in [-0.1, -0.05) is 29.8 Å². The second kappa shape index (κ2) is 8.13. The molecule has 0 saturated heterocycles. The maximum absolute atomic E-state index is 13.2. The number of benzene rings is 2. The van der Waals surface area contributed by atoms with Crippen molar-refractivity contribution in [3.05, 3.63) is 64.3 Å². The third kappa shape index (κ3) is 4.99. The monoisotopic (exact) mass is 451 g/mol. The molecule has 0 saturated carbocycles. The van der Waals surface area contributed by atoms with Crippen LogP contribution in [0.25, 0.3) is 22.0 Å². The van der Waals surface area contributed by atoms with E-state index in [1.807, 2.05) is 0 Å². The normalized spacial score (nSPS) is 13.4. The van der Waals surface area contributed by atoms with E-state index in [0.717, 1.165) is 6.07 Å². The smallest absolute Gasteiger partial charge is 0.433 e. The Labute approximate surface area is 182 Å². The zero-order valence-corrected chi connectivity index (χ0v) is 18.1. The van der Waals surface area contributed by atoms with Crippen LogP contribution >= 0.6 is 11.6 Å². The van der Waals surface area contributed by atoms with E-state index >= 15 is 0 Å². The molecular formula is C23H21ClF3NO3. The third-order valence-corrected chi connectivity index (χ3v) is 4.87. The Hall–Kier alpha value is -2.64. The number of aliphatic carboxylic acids is 1. The summed E-state index contributed by atoms with van der Waals surface area (Å²) in [4.78, 5) is 16.0. The first-order valence-electron chi connectivity index (χ1n) is 9.46. The van der Waals surface area contributed by atoms with E-state index in [1.54, 1.807) is 52.0 Å². The van der Waals surface area contributed by atoms with Crippen LogP contribution in [0.3, 0.4) is 0 Å². The molecule has 164 valence electrons. The molecule has 1 heterocycles. The van der Waals surface area contributed by atoms with Gasteiger partial charge in [-0.15, -0.1) is 0 Å². The number of pyridine rings is 1. The third-order valence-electron chi connectivity index (χ3n) is 4.62. The van der Waals surface area contributed by atoms with Crippen molar-refractivity contribution in [2.45, 2.75) is 45.6 Å². The molecule has 0 amide bonds. The van der Waals surface area contributed by atoms with Gasteiger partial charge >= 0.3 is 12.1 Å². The number of carbonyl (C=O) groups is 1. The first-order valence-corrected chi connectivity index (χ1v) is 9.84. The van der Waals surface area contributed by atoms with Gasteiger partial charge in [-0.05, 0) is 68.7 Å². The fourth-order valence-corrected chi connectivity index (χ4v) is 3.56. The van der Waals surface area contributed by atoms with Crippen LogP contribution in [0.5, 0.6) is 0 Å². The van der Waals surface area contributed by atoms with Gasteiger partial charge in [0, 0.05) is 16.0 Å². The number of nitrogens with zero attached hydrogens (tertiary/aromatic N) is 1. The van der Waals surface area contributed by atoms with Crippen LogP contribution in [0.15, 0.2) is 42.5 Å². The van der Waals surface area contributed by atoms with Crippen molar-refractivity contribution in [1.29, 1.82) is 0 Å². The zero-order valence-electron chi connectivity index (χ0n) is 17.3. The first kappa shape index (κ1) is 23.0. The van der Waals surface area contributed by atoms with E-state index in [0.29, 0.717) is 32.7 Å². The summed E-state index contributed by atoms with van der Waals surface area (Å²) < 4.78 is 45.5. The van der Waals surface area contributed by atoms with Crippen molar-refractivity contribution < 1.29 is 27.8 Å². The summed E-state index contributed by atoms with van der Waals surface area (Å²) >= 11 is 6.00. The number of rotatable bonds is 4. The number of hydrogen-bond donors (Lipinski definition) is 1. The average molecular weight is 452 g/mol. The van der Waals surface area contributed by atoms with Crippen molar-refractivity contribution in [3.8, 4) is 11.1 Å². The van der Waals surface area contributed by atoms with Gasteiger partial charge in [0.2, 0.25) is 0 Å². The summed E-state index contributed by atoms with van der Waals surface area (Å²) in [6.07, 6.45) is -5.93. The maximum atomic E-state index is 13.2. The topological polar surface area (TPSA) is 59.4 Å². The van der Waals surface area contributed by atoms with E-state index in [2.05, 4.69) is 4.98 Å². The SMILES string of the molecule is Cc1cc2nc(C(F)(F)F)ccc2c(-c2ccc(Cl)cc2)c1[C@H](OC(C)(C)C)C(=O)O. The largest absolute Gasteiger partial charge is 0.479 e. The van der Waals surface area contributed by atoms with Crippen LogP contribution in [0, 0.1) is 6.92 Å². The Morgan fingerprint density at radius 2 is 1.71 bits per heavy atom. The second-order valence-electron chi connectivity index (χ2n) is 8.20. The molecule has 3 rings (SSSR count). The molecule has 0 aliphatic carbocycles. The number of carboxylic acids is 1. The van der Waals surface area contributed by atoms with Crippen LogP contribution in [0.1, 0.15) is 43.7 Å². The second-order valence-corrected chi connectivity index (χ2v) is 8.63. The summed E-state index contributed by atoms with van der Waals surface area (Å²) in [6.45, 7) is 6.84. The Kier molecular flexibility index (Phi) is 6.04. The molecule has 0 radical (unpaired) electrons. The van der Waals surface area contributed by atoms with Gasteiger partial charge in [0.05, 0.1) is 11.1 Å². The molecule has 1 aromatic heterocycles. The van der Waals surface area contributed by atoms with Crippen LogP contribution in [-0.4, -0.2) is 21.7 Å². The van der Waals surface area contributed by atoms with Crippen molar-refractivity contribution in [1.82, 2.24) is 4.98 Å². The minimum absolute atomic E-state index is 0.112. The Morgan fingerprint density at radius 1 is 1.10 bits per heavy atom. The molecule has 1 atom stereocenters. The zero-order chi connectivity index (χ0) is 23.1. The molecule has 8 heteroatoms. The highest BCUT2D eigenvalue weighted by molar-refractivity contribution is 6.30. The van der Waals surface area contributed by atoms with E-state index in [4.69, 9.17) is 16.3 Å². The van der Waals surface area contributed by atoms with Gasteiger partial charge in [0.1, 0.15) is 5.69 Å². The first-order chi connectivity index (χ1) is 14.3. The summed E-state index contributed by atoms with van der Waals surface area (Å²) in [5.74, 6) is -1.20. The Bertz CT molecular complexity index is 1140. The molecule has 3 aromatic rings. The van der Waals surface area contributed by atoms with Gasteiger partial charge < -0.3 is 9.84 Å². The average Bonchev–Trinajstić information content (AvgIpc) is 2.64. The fraction of sp³-hybridized carbons (Fsp3) is 0.304. The van der Waals surface area contributed by atoms with Gasteiger partial charge in [-0.25, -0.2) is 9.78 Å². The molecule has 0 bridgehead atoms. The van der Waals surface area contributed by atoms with Crippen LogP contribution in [0.4, 0.5) is 13.2 Å². The number of ether oxygens (including phenoxy) is 1. The highest BCUT2D eigenvalue weighted by Crippen LogP contribution is 2.41. The van der Waals surface area contributed by atoms with Crippen LogP contribution < -0.4 is 0 Å². The summed E-state index contributed by atoms with van der Waals surface area (Å²) in [5, 5.41) is 10.8. The molecule has 0 aliphatic heterocycles. The Balaban J connectivity index is 2.40. The summed E-state index contributed by atoms with van der Waals surface area (Å²) in [5.41, 5.74) is 0.179. The summed E-state index contributed by atoms with van der Waals surface area (Å²) in [7, 11) is 0. The molecule has 4 nitrogen and oxygen atoms in total. The number of aryl methyl sites for hydroxylation is 1. The summed E-state index contributed by atoms with van der Waals surface area (Å²) in [6, 6.07) is 10.3. The standard InChI is InChI=1S/C23H21ClF3NO3/c1-12-11-16-15(9-10-17(28-16)23(25,26)27)19(13-5-7-14(24)8-6-13)18(12)20(21(29)30)31-22(2,3)4/h5-11,20H,1-4H3,(H,29,30)/t20-/m0/s1. The van der Waals surface area contributed by atoms with Gasteiger partial charge in [0.15, 0.2) is 6.10 Å². The predicted octanol–water partition coefficient (Wildman–Crippen LogP) is 6.82. The fourth-order valence-electron chi connectivity index (χ4n) is 3.43. The number of alkyl halides is 3. The predicted molar refractivity (Wildman–Crippen MR) is 113 cm³/mol. The molecule has 1 N–H and O–H groups in total. The lowest BCUT2D eigenvalue weighted by Crippen LogP contribution is -2.28. The molecule has 2 aromatic carbocycles.